The standard InChI is InChI=1S/C22H26N6O/c1-16-21(17(2)26(3)25-16)19-9-11-23-22(24-19)28-14-13-27(20(29)15-28)12-10-18-7-5-4-6-8-18/h4-9,11H,10,12-15H2,1-3H3. The number of nitrogens with zero attached hydrogens (tertiary/aromatic N) is 6. The van der Waals surface area contributed by atoms with E-state index in [1.54, 1.807) is 6.20 Å². The third-order valence-electron chi connectivity index (χ3n) is 5.52. The second-order valence-electron chi connectivity index (χ2n) is 7.45. The maximum Gasteiger partial charge on any atom is 0.242 e. The van der Waals surface area contributed by atoms with Crippen molar-refractivity contribution < 1.29 is 4.79 Å². The van der Waals surface area contributed by atoms with E-state index in [1.165, 1.54) is 5.56 Å². The average molecular weight is 390 g/mol. The van der Waals surface area contributed by atoms with Crippen molar-refractivity contribution >= 4 is 11.9 Å². The lowest BCUT2D eigenvalue weighted by molar-refractivity contribution is -0.131. The first-order valence-corrected chi connectivity index (χ1v) is 9.93. The first-order chi connectivity index (χ1) is 14.0. The van der Waals surface area contributed by atoms with Crippen LogP contribution in [0.2, 0.25) is 0 Å². The summed E-state index contributed by atoms with van der Waals surface area (Å²) in [5, 5.41) is 4.48. The molecule has 3 aromatic rings. The van der Waals surface area contributed by atoms with Crippen molar-refractivity contribution in [1.82, 2.24) is 24.6 Å². The zero-order chi connectivity index (χ0) is 20.4. The van der Waals surface area contributed by atoms with Crippen molar-refractivity contribution in [2.75, 3.05) is 31.1 Å². The van der Waals surface area contributed by atoms with Gasteiger partial charge in [0.1, 0.15) is 0 Å². The van der Waals surface area contributed by atoms with Crippen LogP contribution < -0.4 is 4.90 Å². The second-order valence-corrected chi connectivity index (χ2v) is 7.45. The van der Waals surface area contributed by atoms with Gasteiger partial charge in [-0.15, -0.1) is 0 Å². The summed E-state index contributed by atoms with van der Waals surface area (Å²) in [7, 11) is 1.93. The maximum atomic E-state index is 12.7. The predicted molar refractivity (Wildman–Crippen MR) is 113 cm³/mol. The van der Waals surface area contributed by atoms with Gasteiger partial charge in [-0.05, 0) is 31.9 Å². The van der Waals surface area contributed by atoms with Crippen LogP contribution in [0, 0.1) is 13.8 Å². The number of hydrogen-bond acceptors (Lipinski definition) is 5. The van der Waals surface area contributed by atoms with Gasteiger partial charge in [-0.25, -0.2) is 9.97 Å². The first kappa shape index (κ1) is 19.1. The van der Waals surface area contributed by atoms with Crippen LogP contribution in [-0.2, 0) is 18.3 Å². The lowest BCUT2D eigenvalue weighted by Crippen LogP contribution is -2.51. The average Bonchev–Trinajstić information content (AvgIpc) is 2.99. The van der Waals surface area contributed by atoms with Gasteiger partial charge in [-0.2, -0.15) is 5.10 Å². The molecule has 29 heavy (non-hydrogen) atoms. The number of rotatable bonds is 5. The Morgan fingerprint density at radius 1 is 1.07 bits per heavy atom. The van der Waals surface area contributed by atoms with Gasteiger partial charge < -0.3 is 9.80 Å². The number of carbonyl (C=O) groups excluding carboxylic acids is 1. The molecule has 150 valence electrons. The van der Waals surface area contributed by atoms with E-state index in [2.05, 4.69) is 22.2 Å². The molecule has 0 unspecified atom stereocenters. The highest BCUT2D eigenvalue weighted by Crippen LogP contribution is 2.26. The van der Waals surface area contributed by atoms with Crippen LogP contribution >= 0.6 is 0 Å². The summed E-state index contributed by atoms with van der Waals surface area (Å²) in [6.07, 6.45) is 2.63. The zero-order valence-electron chi connectivity index (χ0n) is 17.2. The minimum absolute atomic E-state index is 0.120. The Kier molecular flexibility index (Phi) is 5.29. The highest BCUT2D eigenvalue weighted by Gasteiger charge is 2.26. The number of benzene rings is 1. The van der Waals surface area contributed by atoms with Gasteiger partial charge in [-0.1, -0.05) is 30.3 Å². The molecule has 1 aromatic carbocycles. The lowest BCUT2D eigenvalue weighted by atomic mass is 10.1. The van der Waals surface area contributed by atoms with E-state index in [9.17, 15) is 4.79 Å². The maximum absolute atomic E-state index is 12.7. The summed E-state index contributed by atoms with van der Waals surface area (Å²) in [4.78, 5) is 25.7. The van der Waals surface area contributed by atoms with Gasteiger partial charge in [0.05, 0.1) is 17.9 Å². The Labute approximate surface area is 171 Å². The molecule has 0 atom stereocenters. The van der Waals surface area contributed by atoms with E-state index in [0.29, 0.717) is 19.0 Å². The topological polar surface area (TPSA) is 67.2 Å². The zero-order valence-corrected chi connectivity index (χ0v) is 17.2. The summed E-state index contributed by atoms with van der Waals surface area (Å²) >= 11 is 0. The fourth-order valence-corrected chi connectivity index (χ4v) is 3.81. The van der Waals surface area contributed by atoms with E-state index in [1.807, 2.05) is 59.6 Å². The molecule has 1 aliphatic rings. The molecule has 7 heteroatoms. The second kappa shape index (κ2) is 8.03. The number of piperazine rings is 1. The number of aryl methyl sites for hydroxylation is 2. The van der Waals surface area contributed by atoms with E-state index >= 15 is 0 Å². The summed E-state index contributed by atoms with van der Waals surface area (Å²) in [5.74, 6) is 0.719. The molecule has 0 radical (unpaired) electrons. The molecule has 1 fully saturated rings. The minimum atomic E-state index is 0.120. The summed E-state index contributed by atoms with van der Waals surface area (Å²) < 4.78 is 1.86. The molecule has 7 nitrogen and oxygen atoms in total. The largest absolute Gasteiger partial charge is 0.339 e. The molecule has 0 spiro atoms. The third-order valence-corrected chi connectivity index (χ3v) is 5.52. The number of carbonyl (C=O) groups is 1. The Hall–Kier alpha value is -3.22. The van der Waals surface area contributed by atoms with Crippen molar-refractivity contribution in [3.8, 4) is 11.3 Å². The molecule has 2 aromatic heterocycles. The number of amides is 1. The molecule has 1 saturated heterocycles. The normalized spacial score (nSPS) is 14.5. The van der Waals surface area contributed by atoms with Crippen molar-refractivity contribution in [1.29, 1.82) is 0 Å². The highest BCUT2D eigenvalue weighted by molar-refractivity contribution is 5.82. The molecule has 0 saturated carbocycles. The highest BCUT2D eigenvalue weighted by atomic mass is 16.2. The Bertz CT molecular complexity index is 1010. The molecular weight excluding hydrogens is 364 g/mol. The van der Waals surface area contributed by atoms with E-state index < -0.39 is 0 Å². The molecular formula is C22H26N6O. The van der Waals surface area contributed by atoms with Gasteiger partial charge in [-0.3, -0.25) is 9.48 Å². The van der Waals surface area contributed by atoms with Gasteiger partial charge >= 0.3 is 0 Å². The van der Waals surface area contributed by atoms with E-state index in [4.69, 9.17) is 4.98 Å². The summed E-state index contributed by atoms with van der Waals surface area (Å²) in [6, 6.07) is 12.2. The number of hydrogen-bond donors (Lipinski definition) is 0. The Balaban J connectivity index is 1.45. The summed E-state index contributed by atoms with van der Waals surface area (Å²) in [5.41, 5.74) is 5.13. The predicted octanol–water partition coefficient (Wildman–Crippen LogP) is 2.39. The van der Waals surface area contributed by atoms with Crippen molar-refractivity contribution in [3.63, 3.8) is 0 Å². The van der Waals surface area contributed by atoms with Gasteiger partial charge in [0.15, 0.2) is 0 Å². The third kappa shape index (κ3) is 3.99. The quantitative estimate of drug-likeness (QED) is 0.669. The van der Waals surface area contributed by atoms with Crippen molar-refractivity contribution in [2.45, 2.75) is 20.3 Å². The molecule has 4 rings (SSSR count). The lowest BCUT2D eigenvalue weighted by Gasteiger charge is -2.34. The van der Waals surface area contributed by atoms with Crippen molar-refractivity contribution in [3.05, 3.63) is 59.5 Å². The molecule has 1 amide bonds. The number of anilines is 1. The van der Waals surface area contributed by atoms with Crippen LogP contribution in [-0.4, -0.2) is 56.7 Å². The molecule has 0 bridgehead atoms. The Morgan fingerprint density at radius 2 is 1.86 bits per heavy atom. The van der Waals surface area contributed by atoms with Crippen LogP contribution in [0.15, 0.2) is 42.6 Å². The van der Waals surface area contributed by atoms with Gasteiger partial charge in [0.2, 0.25) is 11.9 Å². The molecule has 3 heterocycles. The minimum Gasteiger partial charge on any atom is -0.339 e. The van der Waals surface area contributed by atoms with E-state index in [0.717, 1.165) is 42.2 Å². The van der Waals surface area contributed by atoms with Crippen LogP contribution in [0.5, 0.6) is 0 Å². The first-order valence-electron chi connectivity index (χ1n) is 9.93. The fourth-order valence-electron chi connectivity index (χ4n) is 3.81. The molecule has 0 aliphatic carbocycles. The molecule has 1 aliphatic heterocycles. The SMILES string of the molecule is Cc1nn(C)c(C)c1-c1ccnc(N2CCN(CCc3ccccc3)C(=O)C2)n1. The Morgan fingerprint density at radius 3 is 2.55 bits per heavy atom. The van der Waals surface area contributed by atoms with Crippen LogP contribution in [0.4, 0.5) is 5.95 Å². The summed E-state index contributed by atoms with van der Waals surface area (Å²) in [6.45, 7) is 6.49. The van der Waals surface area contributed by atoms with Crippen LogP contribution in [0.3, 0.4) is 0 Å². The van der Waals surface area contributed by atoms with Crippen molar-refractivity contribution in [2.24, 2.45) is 7.05 Å². The van der Waals surface area contributed by atoms with Gasteiger partial charge in [0.25, 0.3) is 0 Å². The number of aromatic nitrogens is 4. The monoisotopic (exact) mass is 390 g/mol. The van der Waals surface area contributed by atoms with E-state index in [-0.39, 0.29) is 5.91 Å². The van der Waals surface area contributed by atoms with Gasteiger partial charge in [0, 0.05) is 44.1 Å². The molecule has 0 N–H and O–H groups in total. The fraction of sp³-hybridized carbons (Fsp3) is 0.364. The smallest absolute Gasteiger partial charge is 0.242 e. The van der Waals surface area contributed by atoms with Crippen LogP contribution in [0.1, 0.15) is 17.0 Å². The van der Waals surface area contributed by atoms with Crippen LogP contribution in [0.25, 0.3) is 11.3 Å².